The smallest absolute Gasteiger partial charge is 0.416 e. The van der Waals surface area contributed by atoms with Gasteiger partial charge in [-0.15, -0.1) is 0 Å². The molecule has 2 N–H and O–H groups in total. The van der Waals surface area contributed by atoms with E-state index in [1.807, 2.05) is 10.8 Å². The number of ether oxygens (including phenoxy) is 2. The van der Waals surface area contributed by atoms with E-state index in [1.165, 1.54) is 21.9 Å². The molecule has 2 aromatic rings. The van der Waals surface area contributed by atoms with Crippen LogP contribution in [-0.2, 0) is 58.9 Å². The highest BCUT2D eigenvalue weighted by atomic mass is 32.2. The van der Waals surface area contributed by atoms with Crippen molar-refractivity contribution in [1.82, 2.24) is 19.8 Å². The summed E-state index contributed by atoms with van der Waals surface area (Å²) in [7, 11) is -4.39. The Hall–Kier alpha value is -5.33. The van der Waals surface area contributed by atoms with Crippen LogP contribution in [0.4, 0.5) is 27.2 Å². The van der Waals surface area contributed by atoms with Gasteiger partial charge >= 0.3 is 18.4 Å². The molecule has 2 aliphatic heterocycles. The minimum atomic E-state index is -4.75. The summed E-state index contributed by atoms with van der Waals surface area (Å²) in [4.78, 5) is 71.5. The van der Waals surface area contributed by atoms with Gasteiger partial charge in [-0.2, -0.15) is 13.2 Å². The number of likely N-dealkylation sites (tertiary alicyclic amines) is 1. The molecule has 0 bridgehead atoms. The number of halogens is 4. The molecule has 0 radical (unpaired) electrons. The van der Waals surface area contributed by atoms with E-state index in [2.05, 4.69) is 17.0 Å². The van der Waals surface area contributed by atoms with Crippen molar-refractivity contribution in [2.24, 2.45) is 16.8 Å². The number of rotatable bonds is 15. The molecule has 14 nitrogen and oxygen atoms in total. The quantitative estimate of drug-likeness (QED) is 0.0916. The van der Waals surface area contributed by atoms with Crippen LogP contribution in [0.3, 0.4) is 0 Å². The molecule has 326 valence electrons. The summed E-state index contributed by atoms with van der Waals surface area (Å²) in [5, 5.41) is 2.62. The van der Waals surface area contributed by atoms with Gasteiger partial charge in [0.05, 0.1) is 24.4 Å². The number of hydrogen-bond donors (Lipinski definition) is 2. The standard InChI is InChI=1S/C41H49F4N5O9S/c1-40(2,3)59-38(54)47-33(37(53)50-22-28(20-34(50)36(52)46-4)58-39(55)49-21-26-15-12-17-32(42)30(26)23-49)18-9-7-5-6-8-13-25-19-29(25)35(51)48-60(56,57)24-27-14-10-11-16-31(27)41(43,44)45/h8,10-17,25,28-29,33-34H,4-7,9,18-24H2,1-3H3,(H,47,54)(H,48,51)/b13-8-/t25-,28-,29+,33+,34+/m1/s1. The zero-order chi connectivity index (χ0) is 44.0. The van der Waals surface area contributed by atoms with Crippen LogP contribution < -0.4 is 10.0 Å². The molecule has 2 heterocycles. The Kier molecular flexibility index (Phi) is 14.4. The third-order valence-corrected chi connectivity index (χ3v) is 11.5. The van der Waals surface area contributed by atoms with Gasteiger partial charge in [-0.1, -0.05) is 55.3 Å². The van der Waals surface area contributed by atoms with E-state index in [4.69, 9.17) is 9.47 Å². The van der Waals surface area contributed by atoms with E-state index in [1.54, 1.807) is 39.0 Å². The Balaban J connectivity index is 1.11. The molecule has 5 amide bonds. The first kappa shape index (κ1) is 45.7. The molecular formula is C41H49F4N5O9S. The Labute approximate surface area is 345 Å². The number of amides is 5. The number of fused-ring (bicyclic) bond motifs is 1. The lowest BCUT2D eigenvalue weighted by Gasteiger charge is -2.28. The summed E-state index contributed by atoms with van der Waals surface area (Å²) < 4.78 is 92.3. The van der Waals surface area contributed by atoms with Crippen molar-refractivity contribution in [3.63, 3.8) is 0 Å². The molecule has 3 aliphatic rings. The number of alkyl halides is 3. The molecule has 0 spiro atoms. The average molecular weight is 864 g/mol. The summed E-state index contributed by atoms with van der Waals surface area (Å²) in [6.07, 6.45) is -0.849. The highest BCUT2D eigenvalue weighted by molar-refractivity contribution is 7.89. The van der Waals surface area contributed by atoms with Gasteiger partial charge in [0.1, 0.15) is 29.6 Å². The molecular weight excluding hydrogens is 815 g/mol. The molecule has 2 fully saturated rings. The maximum atomic E-state index is 14.3. The van der Waals surface area contributed by atoms with Crippen LogP contribution >= 0.6 is 0 Å². The number of sulfonamides is 1. The fourth-order valence-electron chi connectivity index (χ4n) is 7.28. The van der Waals surface area contributed by atoms with E-state index in [0.717, 1.165) is 18.2 Å². The number of allylic oxidation sites excluding steroid dienone is 2. The summed E-state index contributed by atoms with van der Waals surface area (Å²) in [6, 6.07) is 6.60. The second-order valence-electron chi connectivity index (χ2n) is 16.1. The lowest BCUT2D eigenvalue weighted by molar-refractivity contribution is -0.139. The molecule has 1 aliphatic carbocycles. The monoisotopic (exact) mass is 863 g/mol. The average Bonchev–Trinajstić information content (AvgIpc) is 3.59. The van der Waals surface area contributed by atoms with Gasteiger partial charge in [-0.25, -0.2) is 27.4 Å². The highest BCUT2D eigenvalue weighted by Gasteiger charge is 2.45. The minimum absolute atomic E-state index is 0.00458. The summed E-state index contributed by atoms with van der Waals surface area (Å²) in [5.74, 6) is -4.42. The minimum Gasteiger partial charge on any atom is -0.444 e. The SMILES string of the molecule is C=NC(=O)[C@@H]1C[C@@H](OC(=O)N2Cc3cccc(F)c3C2)CN1C(=O)[C@H](CCCCC/C=C\[C@@H]1C[C@@H]1C(=O)NS(=O)(=O)Cc1ccccc1C(F)(F)F)NC(=O)OC(C)(C)C. The number of aliphatic imine (C=N–C) groups is 1. The Morgan fingerprint density at radius 1 is 1.00 bits per heavy atom. The van der Waals surface area contributed by atoms with Gasteiger partial charge in [0, 0.05) is 24.4 Å². The molecule has 5 atom stereocenters. The predicted molar refractivity (Wildman–Crippen MR) is 210 cm³/mol. The van der Waals surface area contributed by atoms with Crippen molar-refractivity contribution >= 4 is 46.6 Å². The fraction of sp³-hybridized carbons (Fsp3) is 0.512. The van der Waals surface area contributed by atoms with Crippen LogP contribution in [0.1, 0.15) is 88.0 Å². The van der Waals surface area contributed by atoms with E-state index >= 15 is 0 Å². The van der Waals surface area contributed by atoms with Crippen molar-refractivity contribution in [3.8, 4) is 0 Å². The largest absolute Gasteiger partial charge is 0.444 e. The van der Waals surface area contributed by atoms with Crippen LogP contribution in [0.25, 0.3) is 0 Å². The van der Waals surface area contributed by atoms with Crippen molar-refractivity contribution in [2.45, 2.75) is 115 Å². The van der Waals surface area contributed by atoms with Crippen molar-refractivity contribution < 1.29 is 59.4 Å². The van der Waals surface area contributed by atoms with E-state index < -0.39 is 98.5 Å². The molecule has 0 aromatic heterocycles. The first-order chi connectivity index (χ1) is 28.2. The topological polar surface area (TPSA) is 181 Å². The predicted octanol–water partition coefficient (Wildman–Crippen LogP) is 6.18. The van der Waals surface area contributed by atoms with Gasteiger partial charge in [0.25, 0.3) is 5.91 Å². The number of hydrogen-bond acceptors (Lipinski definition) is 9. The molecule has 1 saturated carbocycles. The zero-order valence-electron chi connectivity index (χ0n) is 33.5. The number of carbonyl (C=O) groups excluding carboxylic acids is 5. The second kappa shape index (κ2) is 18.9. The maximum Gasteiger partial charge on any atom is 0.416 e. The fourth-order valence-corrected chi connectivity index (χ4v) is 8.47. The van der Waals surface area contributed by atoms with Crippen molar-refractivity contribution in [1.29, 1.82) is 0 Å². The number of alkyl carbamates (subject to hydrolysis) is 1. The van der Waals surface area contributed by atoms with E-state index in [0.29, 0.717) is 43.2 Å². The molecule has 19 heteroatoms. The Bertz CT molecular complexity index is 2110. The van der Waals surface area contributed by atoms with Gasteiger partial charge in [-0.3, -0.25) is 24.0 Å². The third kappa shape index (κ3) is 12.4. The lowest BCUT2D eigenvalue weighted by atomic mass is 10.0. The van der Waals surface area contributed by atoms with Crippen LogP contribution in [0.15, 0.2) is 59.6 Å². The van der Waals surface area contributed by atoms with Gasteiger partial charge in [0.2, 0.25) is 21.8 Å². The Morgan fingerprint density at radius 2 is 1.73 bits per heavy atom. The number of benzene rings is 2. The lowest BCUT2D eigenvalue weighted by Crippen LogP contribution is -2.52. The zero-order valence-corrected chi connectivity index (χ0v) is 34.3. The van der Waals surface area contributed by atoms with Crippen LogP contribution in [0, 0.1) is 17.7 Å². The molecule has 0 unspecified atom stereocenters. The number of unbranched alkanes of at least 4 members (excludes halogenated alkanes) is 3. The number of nitrogens with one attached hydrogen (secondary N) is 2. The van der Waals surface area contributed by atoms with Gasteiger partial charge in [-0.05, 0) is 82.3 Å². The van der Waals surface area contributed by atoms with Gasteiger partial charge < -0.3 is 19.7 Å². The van der Waals surface area contributed by atoms with Crippen LogP contribution in [0.5, 0.6) is 0 Å². The normalized spacial score (nSPS) is 20.6. The van der Waals surface area contributed by atoms with E-state index in [9.17, 15) is 50.0 Å². The summed E-state index contributed by atoms with van der Waals surface area (Å²) in [6.45, 7) is 8.26. The molecule has 1 saturated heterocycles. The van der Waals surface area contributed by atoms with Crippen LogP contribution in [-0.4, -0.2) is 85.2 Å². The van der Waals surface area contributed by atoms with Crippen molar-refractivity contribution in [2.75, 3.05) is 6.54 Å². The Morgan fingerprint density at radius 3 is 2.42 bits per heavy atom. The van der Waals surface area contributed by atoms with Crippen LogP contribution in [0.2, 0.25) is 0 Å². The van der Waals surface area contributed by atoms with Gasteiger partial charge in [0.15, 0.2) is 0 Å². The number of carbonyl (C=O) groups is 5. The summed E-state index contributed by atoms with van der Waals surface area (Å²) >= 11 is 0. The third-order valence-electron chi connectivity index (χ3n) is 10.3. The first-order valence-electron chi connectivity index (χ1n) is 19.5. The molecule has 2 aromatic carbocycles. The number of nitrogens with zero attached hydrogens (tertiary/aromatic N) is 3. The highest BCUT2D eigenvalue weighted by Crippen LogP contribution is 2.40. The van der Waals surface area contributed by atoms with Crippen molar-refractivity contribution in [3.05, 3.63) is 82.7 Å². The molecule has 5 rings (SSSR count). The second-order valence-corrected chi connectivity index (χ2v) is 17.9. The molecule has 60 heavy (non-hydrogen) atoms. The van der Waals surface area contributed by atoms with E-state index in [-0.39, 0.29) is 38.4 Å². The maximum absolute atomic E-state index is 14.3. The first-order valence-corrected chi connectivity index (χ1v) is 21.2. The summed E-state index contributed by atoms with van der Waals surface area (Å²) in [5.41, 5.74) is -1.40.